The van der Waals surface area contributed by atoms with Crippen LogP contribution >= 0.6 is 0 Å². The third kappa shape index (κ3) is 2.08. The fourth-order valence-corrected chi connectivity index (χ4v) is 1.14. The van der Waals surface area contributed by atoms with E-state index in [0.29, 0.717) is 24.5 Å². The molecule has 1 rings (SSSR count). The van der Waals surface area contributed by atoms with E-state index in [0.717, 1.165) is 0 Å². The van der Waals surface area contributed by atoms with E-state index in [9.17, 15) is 4.79 Å². The van der Waals surface area contributed by atoms with E-state index in [-0.39, 0.29) is 5.91 Å². The zero-order valence-electron chi connectivity index (χ0n) is 8.20. The highest BCUT2D eigenvalue weighted by Crippen LogP contribution is 2.05. The molecule has 1 aromatic rings. The molecule has 0 saturated carbocycles. The molecule has 4 heteroatoms. The fourth-order valence-electron chi connectivity index (χ4n) is 1.14. The molecule has 72 valence electrons. The first-order valence-corrected chi connectivity index (χ1v) is 4.41. The van der Waals surface area contributed by atoms with Crippen LogP contribution < -0.4 is 0 Å². The molecule has 0 aliphatic heterocycles. The van der Waals surface area contributed by atoms with Gasteiger partial charge in [0.25, 0.3) is 5.91 Å². The second kappa shape index (κ2) is 4.07. The molecular weight excluding hydrogens is 168 g/mol. The summed E-state index contributed by atoms with van der Waals surface area (Å²) in [5, 5.41) is 3.67. The topological polar surface area (TPSA) is 46.3 Å². The molecule has 0 aromatic carbocycles. The Morgan fingerprint density at radius 2 is 2.15 bits per heavy atom. The Morgan fingerprint density at radius 3 is 2.54 bits per heavy atom. The summed E-state index contributed by atoms with van der Waals surface area (Å²) in [6.07, 6.45) is 0. The van der Waals surface area contributed by atoms with Crippen LogP contribution in [-0.2, 0) is 0 Å². The zero-order chi connectivity index (χ0) is 9.84. The van der Waals surface area contributed by atoms with Gasteiger partial charge in [0.1, 0.15) is 5.76 Å². The molecule has 0 unspecified atom stereocenters. The number of aryl methyl sites for hydroxylation is 1. The number of rotatable bonds is 3. The van der Waals surface area contributed by atoms with Crippen molar-refractivity contribution in [3.8, 4) is 0 Å². The minimum absolute atomic E-state index is 0.0677. The summed E-state index contributed by atoms with van der Waals surface area (Å²) in [5.74, 6) is 0.595. The highest BCUT2D eigenvalue weighted by molar-refractivity contribution is 5.92. The Labute approximate surface area is 77.5 Å². The predicted molar refractivity (Wildman–Crippen MR) is 48.5 cm³/mol. The first-order chi connectivity index (χ1) is 6.19. The summed E-state index contributed by atoms with van der Waals surface area (Å²) in [7, 11) is 0. The van der Waals surface area contributed by atoms with Gasteiger partial charge in [-0.1, -0.05) is 5.16 Å². The average molecular weight is 182 g/mol. The van der Waals surface area contributed by atoms with Gasteiger partial charge in [0.05, 0.1) is 0 Å². The number of carbonyl (C=O) groups excluding carboxylic acids is 1. The number of amides is 1. The molecule has 1 amide bonds. The Morgan fingerprint density at radius 1 is 1.54 bits per heavy atom. The van der Waals surface area contributed by atoms with Gasteiger partial charge >= 0.3 is 0 Å². The van der Waals surface area contributed by atoms with Gasteiger partial charge in [-0.25, -0.2) is 0 Å². The molecule has 0 aliphatic rings. The number of carbonyl (C=O) groups is 1. The third-order valence-corrected chi connectivity index (χ3v) is 1.90. The molecule has 13 heavy (non-hydrogen) atoms. The lowest BCUT2D eigenvalue weighted by atomic mass is 10.3. The Bertz CT molecular complexity index is 290. The minimum atomic E-state index is -0.0677. The molecule has 1 heterocycles. The zero-order valence-corrected chi connectivity index (χ0v) is 8.20. The summed E-state index contributed by atoms with van der Waals surface area (Å²) in [6, 6.07) is 1.65. The van der Waals surface area contributed by atoms with Crippen LogP contribution in [0.2, 0.25) is 0 Å². The molecule has 0 radical (unpaired) electrons. The second-order valence-electron chi connectivity index (χ2n) is 2.80. The first kappa shape index (κ1) is 9.77. The van der Waals surface area contributed by atoms with Crippen molar-refractivity contribution in [3.05, 3.63) is 17.5 Å². The molecule has 1 aromatic heterocycles. The van der Waals surface area contributed by atoms with Gasteiger partial charge in [0, 0.05) is 19.2 Å². The quantitative estimate of drug-likeness (QED) is 0.711. The Balaban J connectivity index is 2.78. The van der Waals surface area contributed by atoms with Gasteiger partial charge in [-0.3, -0.25) is 4.79 Å². The van der Waals surface area contributed by atoms with Gasteiger partial charge in [0.15, 0.2) is 5.69 Å². The lowest BCUT2D eigenvalue weighted by molar-refractivity contribution is 0.0762. The van der Waals surface area contributed by atoms with Gasteiger partial charge in [-0.05, 0) is 20.8 Å². The smallest absolute Gasteiger partial charge is 0.276 e. The number of hydrogen-bond donors (Lipinski definition) is 0. The maximum atomic E-state index is 11.6. The predicted octanol–water partition coefficient (Wildman–Crippen LogP) is 1.47. The summed E-state index contributed by atoms with van der Waals surface area (Å²) in [5.41, 5.74) is 0.390. The monoisotopic (exact) mass is 182 g/mol. The molecule has 0 spiro atoms. The summed E-state index contributed by atoms with van der Waals surface area (Å²) in [6.45, 7) is 7.04. The molecule has 0 atom stereocenters. The highest BCUT2D eigenvalue weighted by atomic mass is 16.5. The van der Waals surface area contributed by atoms with Gasteiger partial charge < -0.3 is 9.42 Å². The molecular formula is C9H14N2O2. The van der Waals surface area contributed by atoms with Crippen molar-refractivity contribution in [2.45, 2.75) is 20.8 Å². The van der Waals surface area contributed by atoms with Crippen LogP contribution in [0.3, 0.4) is 0 Å². The molecule has 0 fully saturated rings. The average Bonchev–Trinajstić information content (AvgIpc) is 2.54. The van der Waals surface area contributed by atoms with Crippen molar-refractivity contribution in [3.63, 3.8) is 0 Å². The lowest BCUT2D eigenvalue weighted by Gasteiger charge is -2.16. The van der Waals surface area contributed by atoms with Crippen LogP contribution in [0.5, 0.6) is 0 Å². The van der Waals surface area contributed by atoms with Gasteiger partial charge in [-0.2, -0.15) is 0 Å². The van der Waals surface area contributed by atoms with Crippen molar-refractivity contribution in [1.29, 1.82) is 0 Å². The summed E-state index contributed by atoms with van der Waals surface area (Å²) in [4.78, 5) is 13.3. The molecule has 0 aliphatic carbocycles. The SMILES string of the molecule is CCN(CC)C(=O)c1cc(C)on1. The normalized spacial score (nSPS) is 10.1. The van der Waals surface area contributed by atoms with E-state index in [2.05, 4.69) is 5.16 Å². The van der Waals surface area contributed by atoms with E-state index in [4.69, 9.17) is 4.52 Å². The maximum Gasteiger partial charge on any atom is 0.276 e. The van der Waals surface area contributed by atoms with E-state index >= 15 is 0 Å². The van der Waals surface area contributed by atoms with Crippen LogP contribution in [0.25, 0.3) is 0 Å². The van der Waals surface area contributed by atoms with E-state index in [1.807, 2.05) is 13.8 Å². The second-order valence-corrected chi connectivity index (χ2v) is 2.80. The molecule has 0 bridgehead atoms. The largest absolute Gasteiger partial charge is 0.361 e. The molecule has 4 nitrogen and oxygen atoms in total. The Kier molecular flexibility index (Phi) is 3.06. The van der Waals surface area contributed by atoms with E-state index in [1.165, 1.54) is 0 Å². The van der Waals surface area contributed by atoms with Crippen molar-refractivity contribution in [1.82, 2.24) is 10.1 Å². The van der Waals surface area contributed by atoms with E-state index in [1.54, 1.807) is 17.9 Å². The third-order valence-electron chi connectivity index (χ3n) is 1.90. The van der Waals surface area contributed by atoms with Crippen molar-refractivity contribution in [2.24, 2.45) is 0 Å². The van der Waals surface area contributed by atoms with Crippen LogP contribution in [0.15, 0.2) is 10.6 Å². The summed E-state index contributed by atoms with van der Waals surface area (Å²) < 4.78 is 4.83. The number of aromatic nitrogens is 1. The van der Waals surface area contributed by atoms with Gasteiger partial charge in [0.2, 0.25) is 0 Å². The fraction of sp³-hybridized carbons (Fsp3) is 0.556. The molecule has 0 N–H and O–H groups in total. The molecule has 0 saturated heterocycles. The van der Waals surface area contributed by atoms with Crippen molar-refractivity contribution < 1.29 is 9.32 Å². The van der Waals surface area contributed by atoms with Crippen LogP contribution in [0.1, 0.15) is 30.1 Å². The van der Waals surface area contributed by atoms with E-state index < -0.39 is 0 Å². The van der Waals surface area contributed by atoms with Gasteiger partial charge in [-0.15, -0.1) is 0 Å². The Hall–Kier alpha value is -1.32. The maximum absolute atomic E-state index is 11.6. The van der Waals surface area contributed by atoms with Crippen LogP contribution in [0.4, 0.5) is 0 Å². The van der Waals surface area contributed by atoms with Crippen LogP contribution in [-0.4, -0.2) is 29.1 Å². The van der Waals surface area contributed by atoms with Crippen molar-refractivity contribution in [2.75, 3.05) is 13.1 Å². The van der Waals surface area contributed by atoms with Crippen molar-refractivity contribution >= 4 is 5.91 Å². The standard InChI is InChI=1S/C9H14N2O2/c1-4-11(5-2)9(12)8-6-7(3)13-10-8/h6H,4-5H2,1-3H3. The highest BCUT2D eigenvalue weighted by Gasteiger charge is 2.15. The number of hydrogen-bond acceptors (Lipinski definition) is 3. The summed E-state index contributed by atoms with van der Waals surface area (Å²) >= 11 is 0. The minimum Gasteiger partial charge on any atom is -0.361 e. The lowest BCUT2D eigenvalue weighted by Crippen LogP contribution is -2.30. The number of nitrogens with zero attached hydrogens (tertiary/aromatic N) is 2. The van der Waals surface area contributed by atoms with Crippen LogP contribution in [0, 0.1) is 6.92 Å². The first-order valence-electron chi connectivity index (χ1n) is 4.41.